The van der Waals surface area contributed by atoms with Crippen molar-refractivity contribution in [3.8, 4) is 22.8 Å². The Morgan fingerprint density at radius 2 is 1.94 bits per heavy atom. The third-order valence-corrected chi connectivity index (χ3v) is 5.29. The summed E-state index contributed by atoms with van der Waals surface area (Å²) in [6.45, 7) is 1.50. The van der Waals surface area contributed by atoms with Crippen molar-refractivity contribution in [3.05, 3.63) is 63.3 Å². The Hall–Kier alpha value is -3.93. The summed E-state index contributed by atoms with van der Waals surface area (Å²) in [5.74, 6) is -1.28. The molecule has 1 atom stereocenters. The van der Waals surface area contributed by atoms with E-state index in [9.17, 15) is 33.2 Å². The predicted molar refractivity (Wildman–Crippen MR) is 110 cm³/mol. The lowest BCUT2D eigenvalue weighted by molar-refractivity contribution is -0.388. The highest BCUT2D eigenvalue weighted by molar-refractivity contribution is 6.35. The van der Waals surface area contributed by atoms with E-state index in [-0.39, 0.29) is 22.3 Å². The zero-order valence-electron chi connectivity index (χ0n) is 16.5. The molecule has 170 valence electrons. The SMILES string of the molecule is CC(C(=O)O)n1cc(Cl)c2cc(-c3noc(-c4ccc([N+](=O)[O-])c(C(F)(F)F)c4)n3)ccc21. The minimum absolute atomic E-state index is 0.0360. The topological polar surface area (TPSA) is 124 Å². The van der Waals surface area contributed by atoms with E-state index in [4.69, 9.17) is 16.1 Å². The molecule has 0 saturated carbocycles. The summed E-state index contributed by atoms with van der Waals surface area (Å²) < 4.78 is 46.3. The number of aliphatic carboxylic acids is 1. The van der Waals surface area contributed by atoms with Crippen LogP contribution in [0.1, 0.15) is 18.5 Å². The van der Waals surface area contributed by atoms with Crippen LogP contribution in [0.3, 0.4) is 0 Å². The number of rotatable bonds is 5. The Balaban J connectivity index is 1.74. The van der Waals surface area contributed by atoms with Crippen LogP contribution >= 0.6 is 11.6 Å². The van der Waals surface area contributed by atoms with Gasteiger partial charge in [0.1, 0.15) is 11.6 Å². The molecule has 0 aliphatic heterocycles. The Morgan fingerprint density at radius 1 is 1.24 bits per heavy atom. The van der Waals surface area contributed by atoms with Crippen molar-refractivity contribution in [2.24, 2.45) is 0 Å². The molecule has 1 unspecified atom stereocenters. The van der Waals surface area contributed by atoms with Crippen molar-refractivity contribution < 1.29 is 32.5 Å². The first-order chi connectivity index (χ1) is 15.5. The van der Waals surface area contributed by atoms with Crippen molar-refractivity contribution in [1.82, 2.24) is 14.7 Å². The molecular formula is C20H12ClF3N4O5. The quantitative estimate of drug-likeness (QED) is 0.292. The molecule has 0 aliphatic carbocycles. The standard InChI is InChI=1S/C20H12ClF3N4O5/c1-9(19(29)30)27-8-14(21)12-6-10(2-4-15(12)27)17-25-18(33-26-17)11-3-5-16(28(31)32)13(7-11)20(22,23)24/h2-9H,1H3,(H,29,30). The molecule has 0 amide bonds. The number of hydrogen-bond donors (Lipinski definition) is 1. The minimum atomic E-state index is -4.96. The number of nitro benzene ring substituents is 1. The fourth-order valence-corrected chi connectivity index (χ4v) is 3.56. The molecule has 0 aliphatic rings. The molecule has 2 heterocycles. The van der Waals surface area contributed by atoms with Crippen molar-refractivity contribution in [2.45, 2.75) is 19.1 Å². The minimum Gasteiger partial charge on any atom is -0.480 e. The van der Waals surface area contributed by atoms with Gasteiger partial charge in [-0.2, -0.15) is 18.2 Å². The summed E-state index contributed by atoms with van der Waals surface area (Å²) in [4.78, 5) is 25.2. The van der Waals surface area contributed by atoms with E-state index < -0.39 is 34.4 Å². The summed E-state index contributed by atoms with van der Waals surface area (Å²) in [6, 6.07) is 6.29. The molecule has 0 bridgehead atoms. The van der Waals surface area contributed by atoms with Gasteiger partial charge in [-0.25, -0.2) is 4.79 Å². The first kappa shape index (κ1) is 22.3. The molecule has 0 saturated heterocycles. The first-order valence-corrected chi connectivity index (χ1v) is 9.58. The molecule has 0 spiro atoms. The van der Waals surface area contributed by atoms with Crippen molar-refractivity contribution in [2.75, 3.05) is 0 Å². The second-order valence-electron chi connectivity index (χ2n) is 7.04. The van der Waals surface area contributed by atoms with Crippen LogP contribution < -0.4 is 0 Å². The number of halogens is 4. The van der Waals surface area contributed by atoms with Gasteiger partial charge in [0.25, 0.3) is 11.6 Å². The zero-order valence-corrected chi connectivity index (χ0v) is 17.3. The lowest BCUT2D eigenvalue weighted by atomic mass is 10.1. The summed E-state index contributed by atoms with van der Waals surface area (Å²) >= 11 is 6.25. The van der Waals surface area contributed by atoms with Crippen LogP contribution in [0.15, 0.2) is 47.1 Å². The average Bonchev–Trinajstić information content (AvgIpc) is 3.37. The van der Waals surface area contributed by atoms with E-state index >= 15 is 0 Å². The maximum Gasteiger partial charge on any atom is 0.423 e. The van der Waals surface area contributed by atoms with Crippen LogP contribution in [0.2, 0.25) is 5.02 Å². The number of hydrogen-bond acceptors (Lipinski definition) is 6. The van der Waals surface area contributed by atoms with Crippen molar-refractivity contribution >= 4 is 34.2 Å². The maximum absolute atomic E-state index is 13.2. The van der Waals surface area contributed by atoms with E-state index in [1.165, 1.54) is 17.7 Å². The molecule has 33 heavy (non-hydrogen) atoms. The Labute approximate surface area is 187 Å². The van der Waals surface area contributed by atoms with Crippen LogP contribution in [0.5, 0.6) is 0 Å². The molecular weight excluding hydrogens is 469 g/mol. The van der Waals surface area contributed by atoms with Gasteiger partial charge >= 0.3 is 12.1 Å². The first-order valence-electron chi connectivity index (χ1n) is 9.20. The smallest absolute Gasteiger partial charge is 0.423 e. The number of carbonyl (C=O) groups is 1. The van der Waals surface area contributed by atoms with Crippen molar-refractivity contribution in [3.63, 3.8) is 0 Å². The second kappa shape index (κ2) is 7.89. The third kappa shape index (κ3) is 4.00. The number of nitrogens with zero attached hydrogens (tertiary/aromatic N) is 4. The lowest BCUT2D eigenvalue weighted by Crippen LogP contribution is -2.14. The van der Waals surface area contributed by atoms with E-state index in [2.05, 4.69) is 10.1 Å². The largest absolute Gasteiger partial charge is 0.480 e. The summed E-state index contributed by atoms with van der Waals surface area (Å²) in [6.07, 6.45) is -3.48. The Morgan fingerprint density at radius 3 is 2.58 bits per heavy atom. The maximum atomic E-state index is 13.2. The van der Waals surface area contributed by atoms with Gasteiger partial charge in [0.2, 0.25) is 5.82 Å². The average molecular weight is 481 g/mol. The van der Waals surface area contributed by atoms with Gasteiger partial charge in [-0.15, -0.1) is 0 Å². The number of aromatic nitrogens is 3. The van der Waals surface area contributed by atoms with Crippen LogP contribution in [0.4, 0.5) is 18.9 Å². The van der Waals surface area contributed by atoms with Gasteiger partial charge in [0.15, 0.2) is 0 Å². The molecule has 1 N–H and O–H groups in total. The van der Waals surface area contributed by atoms with Crippen LogP contribution in [-0.4, -0.2) is 30.7 Å². The molecule has 0 radical (unpaired) electrons. The lowest BCUT2D eigenvalue weighted by Gasteiger charge is -2.10. The highest BCUT2D eigenvalue weighted by Gasteiger charge is 2.38. The van der Waals surface area contributed by atoms with Gasteiger partial charge < -0.3 is 14.2 Å². The van der Waals surface area contributed by atoms with Gasteiger partial charge in [-0.05, 0) is 37.3 Å². The molecule has 4 rings (SSSR count). The van der Waals surface area contributed by atoms with Crippen LogP contribution in [0.25, 0.3) is 33.7 Å². The molecule has 2 aromatic carbocycles. The normalized spacial score (nSPS) is 12.8. The van der Waals surface area contributed by atoms with E-state index in [1.54, 1.807) is 18.2 Å². The number of benzene rings is 2. The Kier molecular flexibility index (Phi) is 5.32. The highest BCUT2D eigenvalue weighted by Crippen LogP contribution is 2.39. The number of alkyl halides is 3. The van der Waals surface area contributed by atoms with Gasteiger partial charge in [0, 0.05) is 28.8 Å². The Bertz CT molecular complexity index is 1410. The van der Waals surface area contributed by atoms with E-state index in [1.807, 2.05) is 0 Å². The van der Waals surface area contributed by atoms with E-state index in [0.717, 1.165) is 12.1 Å². The second-order valence-corrected chi connectivity index (χ2v) is 7.45. The highest BCUT2D eigenvalue weighted by atomic mass is 35.5. The molecule has 2 aromatic heterocycles. The van der Waals surface area contributed by atoms with Gasteiger partial charge in [-0.1, -0.05) is 16.8 Å². The fourth-order valence-electron chi connectivity index (χ4n) is 3.31. The van der Waals surface area contributed by atoms with Crippen molar-refractivity contribution in [1.29, 1.82) is 0 Å². The van der Waals surface area contributed by atoms with Gasteiger partial charge in [0.05, 0.1) is 15.5 Å². The fraction of sp³-hybridized carbons (Fsp3) is 0.150. The molecule has 13 heteroatoms. The monoisotopic (exact) mass is 480 g/mol. The third-order valence-electron chi connectivity index (χ3n) is 4.99. The zero-order chi connectivity index (χ0) is 24.1. The summed E-state index contributed by atoms with van der Waals surface area (Å²) in [5.41, 5.74) is -1.71. The van der Waals surface area contributed by atoms with Gasteiger partial charge in [-0.3, -0.25) is 10.1 Å². The molecule has 9 nitrogen and oxygen atoms in total. The molecule has 0 fully saturated rings. The van der Waals surface area contributed by atoms with Crippen LogP contribution in [-0.2, 0) is 11.0 Å². The summed E-state index contributed by atoms with van der Waals surface area (Å²) in [5, 5.41) is 24.8. The summed E-state index contributed by atoms with van der Waals surface area (Å²) in [7, 11) is 0. The number of nitro groups is 1. The number of carboxylic acid groups (broad SMARTS) is 1. The number of carboxylic acids is 1. The number of fused-ring (bicyclic) bond motifs is 1. The predicted octanol–water partition coefficient (Wildman–Crippen LogP) is 5.58. The molecule has 4 aromatic rings. The van der Waals surface area contributed by atoms with E-state index in [0.29, 0.717) is 22.5 Å². The van der Waals surface area contributed by atoms with Crippen LogP contribution in [0, 0.1) is 10.1 Å².